The average Bonchev–Trinajstić information content (AvgIpc) is 2.16. The Morgan fingerprint density at radius 1 is 1.19 bits per heavy atom. The van der Waals surface area contributed by atoms with E-state index in [4.69, 9.17) is 11.6 Å². The first kappa shape index (κ1) is 13.0. The van der Waals surface area contributed by atoms with Crippen molar-refractivity contribution in [2.45, 2.75) is 25.4 Å². The van der Waals surface area contributed by atoms with Crippen LogP contribution in [0, 0.1) is 0 Å². The first-order chi connectivity index (χ1) is 7.38. The number of hydrogen-bond donors (Lipinski definition) is 0. The van der Waals surface area contributed by atoms with Gasteiger partial charge in [-0.2, -0.15) is 13.2 Å². The van der Waals surface area contributed by atoms with Crippen molar-refractivity contribution in [3.63, 3.8) is 0 Å². The van der Waals surface area contributed by atoms with E-state index in [1.165, 1.54) is 12.1 Å². The van der Waals surface area contributed by atoms with Crippen LogP contribution >= 0.6 is 11.6 Å². The van der Waals surface area contributed by atoms with Gasteiger partial charge in [0.2, 0.25) is 0 Å². The second kappa shape index (κ2) is 5.34. The fraction of sp³-hybridized carbons (Fsp3) is 0.364. The first-order valence-electron chi connectivity index (χ1n) is 4.74. The summed E-state index contributed by atoms with van der Waals surface area (Å²) in [5.74, 6) is -0.291. The molecule has 0 heterocycles. The molecule has 0 saturated carbocycles. The van der Waals surface area contributed by atoms with E-state index in [2.05, 4.69) is 0 Å². The molecular weight excluding hydrogens is 241 g/mol. The zero-order chi connectivity index (χ0) is 12.2. The second-order valence-electron chi connectivity index (χ2n) is 3.40. The molecule has 0 aliphatic rings. The third kappa shape index (κ3) is 4.66. The number of ketones is 1. The van der Waals surface area contributed by atoms with Crippen LogP contribution in [0.15, 0.2) is 24.3 Å². The molecule has 0 aromatic heterocycles. The maximum Gasteiger partial charge on any atom is 0.389 e. The summed E-state index contributed by atoms with van der Waals surface area (Å²) < 4.78 is 35.5. The monoisotopic (exact) mass is 250 g/mol. The molecule has 0 aliphatic carbocycles. The van der Waals surface area contributed by atoms with E-state index < -0.39 is 12.6 Å². The topological polar surface area (TPSA) is 17.1 Å². The van der Waals surface area contributed by atoms with E-state index in [1.54, 1.807) is 12.1 Å². The normalized spacial score (nSPS) is 11.5. The minimum atomic E-state index is -4.19. The zero-order valence-corrected chi connectivity index (χ0v) is 9.11. The molecule has 88 valence electrons. The smallest absolute Gasteiger partial charge is 0.294 e. The van der Waals surface area contributed by atoms with Crippen LogP contribution in [0.25, 0.3) is 0 Å². The maximum atomic E-state index is 11.8. The Kier molecular flexibility index (Phi) is 4.35. The van der Waals surface area contributed by atoms with Gasteiger partial charge in [-0.15, -0.1) is 0 Å². The van der Waals surface area contributed by atoms with E-state index in [-0.39, 0.29) is 18.6 Å². The minimum Gasteiger partial charge on any atom is -0.294 e. The molecule has 0 saturated heterocycles. The Bertz CT molecular complexity index is 356. The fourth-order valence-electron chi connectivity index (χ4n) is 1.23. The van der Waals surface area contributed by atoms with E-state index in [0.717, 1.165) is 0 Å². The van der Waals surface area contributed by atoms with Crippen molar-refractivity contribution in [3.8, 4) is 0 Å². The van der Waals surface area contributed by atoms with Gasteiger partial charge in [0.05, 0.1) is 0 Å². The lowest BCUT2D eigenvalue weighted by molar-refractivity contribution is -0.135. The number of alkyl halides is 3. The molecule has 1 nitrogen and oxygen atoms in total. The van der Waals surface area contributed by atoms with Gasteiger partial charge < -0.3 is 0 Å². The highest BCUT2D eigenvalue weighted by Crippen LogP contribution is 2.23. The molecule has 0 N–H and O–H groups in total. The van der Waals surface area contributed by atoms with Gasteiger partial charge in [0, 0.05) is 23.4 Å². The lowest BCUT2D eigenvalue weighted by atomic mass is 10.1. The second-order valence-corrected chi connectivity index (χ2v) is 3.84. The number of rotatable bonds is 4. The van der Waals surface area contributed by atoms with Crippen molar-refractivity contribution < 1.29 is 18.0 Å². The van der Waals surface area contributed by atoms with Crippen LogP contribution in [0.3, 0.4) is 0 Å². The highest BCUT2D eigenvalue weighted by atomic mass is 35.5. The molecule has 0 fully saturated rings. The van der Waals surface area contributed by atoms with Crippen molar-refractivity contribution in [3.05, 3.63) is 34.9 Å². The van der Waals surface area contributed by atoms with Crippen LogP contribution in [-0.4, -0.2) is 12.0 Å². The van der Waals surface area contributed by atoms with Gasteiger partial charge in [0.15, 0.2) is 5.78 Å². The summed E-state index contributed by atoms with van der Waals surface area (Å²) in [6.07, 6.45) is -5.39. The zero-order valence-electron chi connectivity index (χ0n) is 8.35. The molecule has 0 radical (unpaired) electrons. The van der Waals surface area contributed by atoms with E-state index >= 15 is 0 Å². The van der Waals surface area contributed by atoms with Crippen LogP contribution in [0.4, 0.5) is 13.2 Å². The minimum absolute atomic E-state index is 0.0961. The lowest BCUT2D eigenvalue weighted by Gasteiger charge is -2.05. The van der Waals surface area contributed by atoms with Crippen molar-refractivity contribution in [2.24, 2.45) is 0 Å². The van der Waals surface area contributed by atoms with Crippen molar-refractivity contribution >= 4 is 17.4 Å². The van der Waals surface area contributed by atoms with Gasteiger partial charge in [-0.3, -0.25) is 4.79 Å². The maximum absolute atomic E-state index is 11.8. The Hall–Kier alpha value is -1.03. The first-order valence-corrected chi connectivity index (χ1v) is 5.12. The molecule has 0 spiro atoms. The van der Waals surface area contributed by atoms with Gasteiger partial charge >= 0.3 is 6.18 Å². The summed E-state index contributed by atoms with van der Waals surface area (Å²) in [6.45, 7) is 0. The third-order valence-electron chi connectivity index (χ3n) is 2.03. The number of benzene rings is 1. The summed E-state index contributed by atoms with van der Waals surface area (Å²) in [7, 11) is 0. The van der Waals surface area contributed by atoms with Gasteiger partial charge in [0.1, 0.15) is 0 Å². The lowest BCUT2D eigenvalue weighted by Crippen LogP contribution is -2.08. The van der Waals surface area contributed by atoms with Crippen molar-refractivity contribution in [2.75, 3.05) is 0 Å². The highest BCUT2D eigenvalue weighted by Gasteiger charge is 2.26. The van der Waals surface area contributed by atoms with Gasteiger partial charge in [-0.05, 0) is 30.7 Å². The summed E-state index contributed by atoms with van der Waals surface area (Å²) in [5, 5.41) is 0.492. The summed E-state index contributed by atoms with van der Waals surface area (Å²) in [4.78, 5) is 11.4. The number of carbonyl (C=O) groups excluding carboxylic acids is 1. The van der Waals surface area contributed by atoms with Crippen molar-refractivity contribution in [1.29, 1.82) is 0 Å². The molecule has 0 bridgehead atoms. The Balaban J connectivity index is 2.44. The van der Waals surface area contributed by atoms with Crippen LogP contribution in [0.1, 0.15) is 29.6 Å². The predicted octanol–water partition coefficient (Wildman–Crippen LogP) is 4.26. The molecule has 16 heavy (non-hydrogen) atoms. The molecule has 0 aliphatic heterocycles. The molecule has 0 atom stereocenters. The molecule has 1 aromatic carbocycles. The van der Waals surface area contributed by atoms with Crippen molar-refractivity contribution in [1.82, 2.24) is 0 Å². The molecule has 0 unspecified atom stereocenters. The fourth-order valence-corrected chi connectivity index (χ4v) is 1.36. The van der Waals surface area contributed by atoms with Crippen LogP contribution in [0.2, 0.25) is 5.02 Å². The van der Waals surface area contributed by atoms with Crippen LogP contribution in [0.5, 0.6) is 0 Å². The molecular formula is C11H10ClF3O. The Labute approximate surface area is 96.2 Å². The average molecular weight is 251 g/mol. The molecule has 1 aromatic rings. The Morgan fingerprint density at radius 2 is 1.75 bits per heavy atom. The van der Waals surface area contributed by atoms with Gasteiger partial charge in [-0.1, -0.05) is 11.6 Å². The molecule has 0 amide bonds. The largest absolute Gasteiger partial charge is 0.389 e. The van der Waals surface area contributed by atoms with E-state index in [0.29, 0.717) is 10.6 Å². The number of hydrogen-bond acceptors (Lipinski definition) is 1. The number of halogens is 4. The van der Waals surface area contributed by atoms with Crippen LogP contribution in [-0.2, 0) is 0 Å². The van der Waals surface area contributed by atoms with Crippen LogP contribution < -0.4 is 0 Å². The summed E-state index contributed by atoms with van der Waals surface area (Å²) >= 11 is 5.62. The van der Waals surface area contributed by atoms with Gasteiger partial charge in [-0.25, -0.2) is 0 Å². The highest BCUT2D eigenvalue weighted by molar-refractivity contribution is 6.30. The molecule has 5 heteroatoms. The number of Topliss-reactive ketones (excluding diaryl/α,β-unsaturated/α-hetero) is 1. The SMILES string of the molecule is O=C(CCCC(F)(F)F)c1ccc(Cl)cc1. The number of carbonyl (C=O) groups is 1. The molecule has 1 rings (SSSR count). The standard InChI is InChI=1S/C11H10ClF3O/c12-9-5-3-8(4-6-9)10(16)2-1-7-11(13,14)15/h3-6H,1-2,7H2. The summed E-state index contributed by atoms with van der Waals surface area (Å²) in [6, 6.07) is 6.10. The predicted molar refractivity (Wildman–Crippen MR) is 55.7 cm³/mol. The third-order valence-corrected chi connectivity index (χ3v) is 2.28. The quantitative estimate of drug-likeness (QED) is 0.730. The van der Waals surface area contributed by atoms with Gasteiger partial charge in [0.25, 0.3) is 0 Å². The summed E-state index contributed by atoms with van der Waals surface area (Å²) in [5.41, 5.74) is 0.395. The Morgan fingerprint density at radius 3 is 2.25 bits per heavy atom. The van der Waals surface area contributed by atoms with E-state index in [1.807, 2.05) is 0 Å². The van der Waals surface area contributed by atoms with E-state index in [9.17, 15) is 18.0 Å².